The van der Waals surface area contributed by atoms with Gasteiger partial charge in [0.15, 0.2) is 0 Å². The zero-order valence-electron chi connectivity index (χ0n) is 15.1. The Bertz CT molecular complexity index is 515. The van der Waals surface area contributed by atoms with Gasteiger partial charge in [-0.1, -0.05) is 0 Å². The van der Waals surface area contributed by atoms with Crippen molar-refractivity contribution in [2.45, 2.75) is 72.6 Å². The molecule has 0 aliphatic heterocycles. The van der Waals surface area contributed by atoms with Gasteiger partial charge in [-0.15, -0.1) is 11.3 Å². The van der Waals surface area contributed by atoms with Crippen molar-refractivity contribution in [2.75, 3.05) is 6.54 Å². The van der Waals surface area contributed by atoms with E-state index < -0.39 is 5.60 Å². The molecule has 0 saturated carbocycles. The lowest BCUT2D eigenvalue weighted by Gasteiger charge is -2.30. The Balaban J connectivity index is 2.54. The van der Waals surface area contributed by atoms with Crippen LogP contribution in [-0.2, 0) is 4.74 Å². The predicted octanol–water partition coefficient (Wildman–Crippen LogP) is 4.32. The smallest absolute Gasteiger partial charge is 0.408 e. The van der Waals surface area contributed by atoms with Gasteiger partial charge in [-0.25, -0.2) is 4.79 Å². The fraction of sp³-hybridized carbons (Fsp3) is 0.706. The molecule has 1 unspecified atom stereocenters. The predicted molar refractivity (Wildman–Crippen MR) is 93.7 cm³/mol. The molecular weight excluding hydrogens is 296 g/mol. The Morgan fingerprint density at radius 3 is 2.32 bits per heavy atom. The second-order valence-corrected chi connectivity index (χ2v) is 8.94. The highest BCUT2D eigenvalue weighted by molar-refractivity contribution is 7.12. The summed E-state index contributed by atoms with van der Waals surface area (Å²) in [4.78, 5) is 14.6. The normalized spacial score (nSPS) is 13.8. The van der Waals surface area contributed by atoms with Crippen molar-refractivity contribution in [3.8, 4) is 0 Å². The molecular formula is C17H30N2O2S. The first kappa shape index (κ1) is 19.0. The number of thiophene rings is 1. The third-order valence-corrected chi connectivity index (χ3v) is 4.22. The van der Waals surface area contributed by atoms with Gasteiger partial charge in [0.1, 0.15) is 5.60 Å². The standard InChI is InChI=1S/C17H30N2O2S/c1-11-9-14(13(3)22-11)12(2)18-10-17(7,8)19-15(20)21-16(4,5)6/h9,12,18H,10H2,1-8H3,(H,19,20). The molecule has 0 aliphatic rings. The number of nitrogens with one attached hydrogen (secondary N) is 2. The molecule has 1 aromatic heterocycles. The van der Waals surface area contributed by atoms with E-state index in [9.17, 15) is 4.79 Å². The van der Waals surface area contributed by atoms with E-state index in [1.54, 1.807) is 0 Å². The first-order valence-electron chi connectivity index (χ1n) is 7.71. The summed E-state index contributed by atoms with van der Waals surface area (Å²) in [6.07, 6.45) is -0.380. The van der Waals surface area contributed by atoms with Crippen molar-refractivity contribution < 1.29 is 9.53 Å². The molecule has 0 bridgehead atoms. The molecule has 1 atom stereocenters. The van der Waals surface area contributed by atoms with Crippen molar-refractivity contribution in [2.24, 2.45) is 0 Å². The van der Waals surface area contributed by atoms with Gasteiger partial charge >= 0.3 is 6.09 Å². The lowest BCUT2D eigenvalue weighted by atomic mass is 10.0. The molecule has 2 N–H and O–H groups in total. The Morgan fingerprint density at radius 1 is 1.27 bits per heavy atom. The maximum atomic E-state index is 11.9. The molecule has 0 radical (unpaired) electrons. The first-order chi connectivity index (χ1) is 9.89. The van der Waals surface area contributed by atoms with Crippen LogP contribution in [0.4, 0.5) is 4.79 Å². The average Bonchev–Trinajstić information content (AvgIpc) is 2.62. The highest BCUT2D eigenvalue weighted by atomic mass is 32.1. The number of ether oxygens (including phenoxy) is 1. The lowest BCUT2D eigenvalue weighted by Crippen LogP contribution is -2.51. The van der Waals surface area contributed by atoms with Crippen LogP contribution in [0, 0.1) is 13.8 Å². The van der Waals surface area contributed by atoms with Gasteiger partial charge in [0.05, 0.1) is 5.54 Å². The second-order valence-electron chi connectivity index (χ2n) is 7.48. The Hall–Kier alpha value is -1.07. The van der Waals surface area contributed by atoms with Gasteiger partial charge in [0.25, 0.3) is 0 Å². The molecule has 1 rings (SSSR count). The number of amides is 1. The summed E-state index contributed by atoms with van der Waals surface area (Å²) in [6.45, 7) is 16.7. The number of carbonyl (C=O) groups is 1. The van der Waals surface area contributed by atoms with Crippen LogP contribution in [0.1, 0.15) is 62.9 Å². The molecule has 4 nitrogen and oxygen atoms in total. The summed E-state index contributed by atoms with van der Waals surface area (Å²) in [5, 5.41) is 6.42. The van der Waals surface area contributed by atoms with Crippen molar-refractivity contribution in [3.63, 3.8) is 0 Å². The van der Waals surface area contributed by atoms with Crippen LogP contribution in [0.15, 0.2) is 6.07 Å². The van der Waals surface area contributed by atoms with E-state index in [4.69, 9.17) is 4.74 Å². The molecule has 5 heteroatoms. The van der Waals surface area contributed by atoms with E-state index in [0.717, 1.165) is 0 Å². The summed E-state index contributed by atoms with van der Waals surface area (Å²) in [5.41, 5.74) is 0.470. The average molecular weight is 327 g/mol. The van der Waals surface area contributed by atoms with Crippen LogP contribution in [0.5, 0.6) is 0 Å². The van der Waals surface area contributed by atoms with Crippen LogP contribution in [-0.4, -0.2) is 23.8 Å². The Morgan fingerprint density at radius 2 is 1.86 bits per heavy atom. The highest BCUT2D eigenvalue weighted by Crippen LogP contribution is 2.26. The number of hydrogen-bond donors (Lipinski definition) is 2. The number of carbonyl (C=O) groups excluding carboxylic acids is 1. The quantitative estimate of drug-likeness (QED) is 0.847. The van der Waals surface area contributed by atoms with Crippen LogP contribution in [0.25, 0.3) is 0 Å². The molecule has 1 aromatic rings. The molecule has 126 valence electrons. The van der Waals surface area contributed by atoms with Gasteiger partial charge in [-0.2, -0.15) is 0 Å². The number of aryl methyl sites for hydroxylation is 2. The monoisotopic (exact) mass is 326 g/mol. The van der Waals surface area contributed by atoms with E-state index in [1.807, 2.05) is 46.0 Å². The molecule has 0 aromatic carbocycles. The van der Waals surface area contributed by atoms with Crippen molar-refractivity contribution in [1.29, 1.82) is 0 Å². The van der Waals surface area contributed by atoms with Gasteiger partial charge in [-0.3, -0.25) is 0 Å². The van der Waals surface area contributed by atoms with Crippen molar-refractivity contribution in [3.05, 3.63) is 21.4 Å². The third kappa shape index (κ3) is 6.36. The second kappa shape index (κ2) is 7.01. The summed E-state index contributed by atoms with van der Waals surface area (Å²) in [5.74, 6) is 0. The van der Waals surface area contributed by atoms with Crippen molar-refractivity contribution >= 4 is 17.4 Å². The highest BCUT2D eigenvalue weighted by Gasteiger charge is 2.25. The number of rotatable bonds is 5. The van der Waals surface area contributed by atoms with Gasteiger partial charge in [-0.05, 0) is 67.0 Å². The van der Waals surface area contributed by atoms with Crippen LogP contribution in [0.3, 0.4) is 0 Å². The van der Waals surface area contributed by atoms with Crippen LogP contribution < -0.4 is 10.6 Å². The van der Waals surface area contributed by atoms with E-state index in [2.05, 4.69) is 37.5 Å². The van der Waals surface area contributed by atoms with Crippen LogP contribution in [0.2, 0.25) is 0 Å². The fourth-order valence-electron chi connectivity index (χ4n) is 2.22. The Labute approximate surface area is 138 Å². The SMILES string of the molecule is Cc1cc(C(C)NCC(C)(C)NC(=O)OC(C)(C)C)c(C)s1. The number of hydrogen-bond acceptors (Lipinski definition) is 4. The summed E-state index contributed by atoms with van der Waals surface area (Å²) >= 11 is 1.82. The maximum Gasteiger partial charge on any atom is 0.408 e. The zero-order chi connectivity index (χ0) is 17.1. The molecule has 22 heavy (non-hydrogen) atoms. The molecule has 1 heterocycles. The molecule has 1 amide bonds. The minimum absolute atomic E-state index is 0.254. The summed E-state index contributed by atoms with van der Waals surface area (Å²) < 4.78 is 5.31. The van der Waals surface area contributed by atoms with E-state index in [1.165, 1.54) is 15.3 Å². The lowest BCUT2D eigenvalue weighted by molar-refractivity contribution is 0.0471. The van der Waals surface area contributed by atoms with E-state index in [0.29, 0.717) is 6.54 Å². The first-order valence-corrected chi connectivity index (χ1v) is 8.53. The molecule has 0 spiro atoms. The minimum Gasteiger partial charge on any atom is -0.444 e. The van der Waals surface area contributed by atoms with Crippen molar-refractivity contribution in [1.82, 2.24) is 10.6 Å². The molecule has 0 aliphatic carbocycles. The van der Waals surface area contributed by atoms with Gasteiger partial charge < -0.3 is 15.4 Å². The maximum absolute atomic E-state index is 11.9. The largest absolute Gasteiger partial charge is 0.444 e. The van der Waals surface area contributed by atoms with E-state index in [-0.39, 0.29) is 17.7 Å². The third-order valence-electron chi connectivity index (χ3n) is 3.24. The topological polar surface area (TPSA) is 50.4 Å². The zero-order valence-corrected chi connectivity index (χ0v) is 15.9. The summed E-state index contributed by atoms with van der Waals surface area (Å²) in [6, 6.07) is 2.48. The summed E-state index contributed by atoms with van der Waals surface area (Å²) in [7, 11) is 0. The fourth-order valence-corrected chi connectivity index (χ4v) is 3.25. The number of alkyl carbamates (subject to hydrolysis) is 1. The Kier molecular flexibility index (Phi) is 6.04. The van der Waals surface area contributed by atoms with E-state index >= 15 is 0 Å². The minimum atomic E-state index is -0.480. The van der Waals surface area contributed by atoms with Gasteiger partial charge in [0, 0.05) is 22.3 Å². The van der Waals surface area contributed by atoms with Crippen LogP contribution >= 0.6 is 11.3 Å². The molecule has 0 saturated heterocycles. The van der Waals surface area contributed by atoms with Gasteiger partial charge in [0.2, 0.25) is 0 Å². The molecule has 0 fully saturated rings.